The van der Waals surface area contributed by atoms with Gasteiger partial charge in [0.1, 0.15) is 6.61 Å². The van der Waals surface area contributed by atoms with Crippen molar-refractivity contribution in [2.75, 3.05) is 26.4 Å². The summed E-state index contributed by atoms with van der Waals surface area (Å²) in [7, 11) is 0. The average molecular weight is 175 g/mol. The first-order valence-corrected chi connectivity index (χ1v) is 4.24. The van der Waals surface area contributed by atoms with E-state index in [1.165, 1.54) is 0 Å². The summed E-state index contributed by atoms with van der Waals surface area (Å²) in [6, 6.07) is 0. The number of rotatable bonds is 7. The van der Waals surface area contributed by atoms with Crippen molar-refractivity contribution in [3.63, 3.8) is 0 Å². The quantitative estimate of drug-likeness (QED) is 0.446. The van der Waals surface area contributed by atoms with Crippen molar-refractivity contribution in [1.29, 1.82) is 0 Å². The molecular formula is C8H17NO3. The Morgan fingerprint density at radius 2 is 2.17 bits per heavy atom. The first-order chi connectivity index (χ1) is 5.81. The van der Waals surface area contributed by atoms with Gasteiger partial charge in [0, 0.05) is 6.61 Å². The molecule has 0 aromatic rings. The van der Waals surface area contributed by atoms with Gasteiger partial charge in [-0.05, 0) is 26.3 Å². The van der Waals surface area contributed by atoms with E-state index >= 15 is 0 Å². The lowest BCUT2D eigenvalue weighted by atomic mass is 10.3. The number of ether oxygens (including phenoxy) is 2. The fraction of sp³-hybridized carbons (Fsp3) is 0.875. The van der Waals surface area contributed by atoms with Crippen LogP contribution in [0.1, 0.15) is 19.8 Å². The summed E-state index contributed by atoms with van der Waals surface area (Å²) in [6.07, 6.45) is 1.72. The van der Waals surface area contributed by atoms with Gasteiger partial charge >= 0.3 is 5.97 Å². The molecule has 0 aliphatic rings. The molecule has 0 aromatic heterocycles. The van der Waals surface area contributed by atoms with E-state index < -0.39 is 0 Å². The van der Waals surface area contributed by atoms with Crippen LogP contribution in [-0.2, 0) is 14.3 Å². The highest BCUT2D eigenvalue weighted by atomic mass is 16.6. The van der Waals surface area contributed by atoms with E-state index in [0.29, 0.717) is 19.8 Å². The second kappa shape index (κ2) is 8.49. The highest BCUT2D eigenvalue weighted by Crippen LogP contribution is 1.88. The zero-order chi connectivity index (χ0) is 9.23. The Morgan fingerprint density at radius 1 is 1.42 bits per heavy atom. The molecule has 72 valence electrons. The van der Waals surface area contributed by atoms with Crippen molar-refractivity contribution in [2.24, 2.45) is 5.73 Å². The van der Waals surface area contributed by atoms with Gasteiger partial charge in [0.25, 0.3) is 0 Å². The van der Waals surface area contributed by atoms with E-state index in [2.05, 4.69) is 0 Å². The van der Waals surface area contributed by atoms with E-state index in [1.54, 1.807) is 0 Å². The van der Waals surface area contributed by atoms with Crippen molar-refractivity contribution >= 4 is 5.97 Å². The molecule has 0 atom stereocenters. The molecule has 4 nitrogen and oxygen atoms in total. The standard InChI is InChI=1S/C8H17NO3/c1-2-11-7-8(10)12-6-4-3-5-9/h2-7,9H2,1H3. The van der Waals surface area contributed by atoms with Crippen LogP contribution in [0.5, 0.6) is 0 Å². The van der Waals surface area contributed by atoms with Crippen molar-refractivity contribution in [1.82, 2.24) is 0 Å². The Labute approximate surface area is 73.0 Å². The van der Waals surface area contributed by atoms with Crippen molar-refractivity contribution in [2.45, 2.75) is 19.8 Å². The Balaban J connectivity index is 3.08. The highest BCUT2D eigenvalue weighted by Gasteiger charge is 2.00. The van der Waals surface area contributed by atoms with Crippen LogP contribution < -0.4 is 5.73 Å². The van der Waals surface area contributed by atoms with E-state index in [1.807, 2.05) is 6.92 Å². The van der Waals surface area contributed by atoms with Crippen LogP contribution >= 0.6 is 0 Å². The molecule has 0 heterocycles. The molecule has 0 fully saturated rings. The third kappa shape index (κ3) is 7.50. The van der Waals surface area contributed by atoms with Crippen LogP contribution in [0.2, 0.25) is 0 Å². The summed E-state index contributed by atoms with van der Waals surface area (Å²) in [6.45, 7) is 3.52. The smallest absolute Gasteiger partial charge is 0.332 e. The summed E-state index contributed by atoms with van der Waals surface area (Å²) in [5, 5.41) is 0. The zero-order valence-electron chi connectivity index (χ0n) is 7.54. The summed E-state index contributed by atoms with van der Waals surface area (Å²) in [4.78, 5) is 10.8. The van der Waals surface area contributed by atoms with Gasteiger partial charge in [-0.3, -0.25) is 0 Å². The zero-order valence-corrected chi connectivity index (χ0v) is 7.54. The van der Waals surface area contributed by atoms with E-state index in [0.717, 1.165) is 12.8 Å². The molecule has 0 aromatic carbocycles. The first kappa shape index (κ1) is 11.4. The molecular weight excluding hydrogens is 158 g/mol. The molecule has 0 unspecified atom stereocenters. The second-order valence-corrected chi connectivity index (χ2v) is 2.35. The van der Waals surface area contributed by atoms with Crippen LogP contribution in [0.3, 0.4) is 0 Å². The lowest BCUT2D eigenvalue weighted by Gasteiger charge is -2.03. The number of esters is 1. The number of carbonyl (C=O) groups excluding carboxylic acids is 1. The van der Waals surface area contributed by atoms with Crippen LogP contribution in [-0.4, -0.2) is 32.3 Å². The number of hydrogen-bond donors (Lipinski definition) is 1. The van der Waals surface area contributed by atoms with Gasteiger partial charge in [0.2, 0.25) is 0 Å². The van der Waals surface area contributed by atoms with E-state index in [9.17, 15) is 4.79 Å². The maximum atomic E-state index is 10.8. The molecule has 0 amide bonds. The van der Waals surface area contributed by atoms with Gasteiger partial charge in [-0.2, -0.15) is 0 Å². The molecule has 4 heteroatoms. The maximum Gasteiger partial charge on any atom is 0.332 e. The van der Waals surface area contributed by atoms with Gasteiger partial charge in [0.05, 0.1) is 6.61 Å². The normalized spacial score (nSPS) is 9.83. The lowest BCUT2D eigenvalue weighted by Crippen LogP contribution is -2.13. The fourth-order valence-electron chi connectivity index (χ4n) is 0.659. The minimum Gasteiger partial charge on any atom is -0.464 e. The molecule has 12 heavy (non-hydrogen) atoms. The predicted molar refractivity (Wildman–Crippen MR) is 45.7 cm³/mol. The molecule has 0 rings (SSSR count). The Hall–Kier alpha value is -0.610. The topological polar surface area (TPSA) is 61.5 Å². The lowest BCUT2D eigenvalue weighted by molar-refractivity contribution is -0.148. The molecule has 0 saturated carbocycles. The van der Waals surface area contributed by atoms with Crippen molar-refractivity contribution in [3.05, 3.63) is 0 Å². The third-order valence-corrected chi connectivity index (χ3v) is 1.29. The van der Waals surface area contributed by atoms with Crippen LogP contribution in [0.4, 0.5) is 0 Å². The van der Waals surface area contributed by atoms with Crippen LogP contribution in [0.15, 0.2) is 0 Å². The SMILES string of the molecule is CCOCC(=O)OCCCCN. The van der Waals surface area contributed by atoms with Crippen molar-refractivity contribution < 1.29 is 14.3 Å². The molecule has 0 aliphatic carbocycles. The molecule has 2 N–H and O–H groups in total. The number of unbranched alkanes of at least 4 members (excludes halogenated alkanes) is 1. The minimum atomic E-state index is -0.297. The molecule has 0 spiro atoms. The molecule has 0 bridgehead atoms. The second-order valence-electron chi connectivity index (χ2n) is 2.35. The van der Waals surface area contributed by atoms with E-state index in [4.69, 9.17) is 15.2 Å². The Morgan fingerprint density at radius 3 is 2.75 bits per heavy atom. The van der Waals surface area contributed by atoms with Gasteiger partial charge < -0.3 is 15.2 Å². The number of hydrogen-bond acceptors (Lipinski definition) is 4. The average Bonchev–Trinajstić information content (AvgIpc) is 2.09. The molecule has 0 saturated heterocycles. The van der Waals surface area contributed by atoms with Crippen LogP contribution in [0, 0.1) is 0 Å². The van der Waals surface area contributed by atoms with Crippen molar-refractivity contribution in [3.8, 4) is 0 Å². The fourth-order valence-corrected chi connectivity index (χ4v) is 0.659. The van der Waals surface area contributed by atoms with Gasteiger partial charge in [0.15, 0.2) is 0 Å². The third-order valence-electron chi connectivity index (χ3n) is 1.29. The minimum absolute atomic E-state index is 0.0547. The molecule has 0 radical (unpaired) electrons. The van der Waals surface area contributed by atoms with Gasteiger partial charge in [-0.25, -0.2) is 4.79 Å². The summed E-state index contributed by atoms with van der Waals surface area (Å²) in [5.41, 5.74) is 5.26. The van der Waals surface area contributed by atoms with Gasteiger partial charge in [-0.15, -0.1) is 0 Å². The predicted octanol–water partition coefficient (Wildman–Crippen LogP) is 0.305. The number of carbonyl (C=O) groups is 1. The highest BCUT2D eigenvalue weighted by molar-refractivity contribution is 5.70. The first-order valence-electron chi connectivity index (χ1n) is 4.24. The van der Waals surface area contributed by atoms with Gasteiger partial charge in [-0.1, -0.05) is 0 Å². The summed E-state index contributed by atoms with van der Waals surface area (Å²) < 4.78 is 9.68. The summed E-state index contributed by atoms with van der Waals surface area (Å²) in [5.74, 6) is -0.297. The summed E-state index contributed by atoms with van der Waals surface area (Å²) >= 11 is 0. The monoisotopic (exact) mass is 175 g/mol. The van der Waals surface area contributed by atoms with Crippen LogP contribution in [0.25, 0.3) is 0 Å². The Bertz CT molecular complexity index is 117. The Kier molecular flexibility index (Phi) is 8.05. The largest absolute Gasteiger partial charge is 0.464 e. The number of nitrogens with two attached hydrogens (primary N) is 1. The maximum absolute atomic E-state index is 10.8. The van der Waals surface area contributed by atoms with E-state index in [-0.39, 0.29) is 12.6 Å². The molecule has 0 aliphatic heterocycles.